The third-order valence-electron chi connectivity index (χ3n) is 2.71. The number of H-pyrrole nitrogens is 1. The second-order valence-corrected chi connectivity index (χ2v) is 4.58. The van der Waals surface area contributed by atoms with E-state index in [1.165, 1.54) is 7.11 Å². The molecule has 112 valence electrons. The Balaban J connectivity index is 3.01. The normalized spacial score (nSPS) is 10.8. The lowest BCUT2D eigenvalue weighted by molar-refractivity contribution is -0.122. The summed E-state index contributed by atoms with van der Waals surface area (Å²) >= 11 is 0. The third-order valence-corrected chi connectivity index (χ3v) is 2.71. The average molecular weight is 285 g/mol. The van der Waals surface area contributed by atoms with Gasteiger partial charge in [-0.2, -0.15) is 0 Å². The number of carbonyl (C=O) groups is 1. The SMILES string of the molecule is COCCNC(=O)Cn1c(O)c(C(C)C)c(=O)[nH]c1=O. The molecule has 8 nitrogen and oxygen atoms in total. The van der Waals surface area contributed by atoms with E-state index in [9.17, 15) is 19.5 Å². The summed E-state index contributed by atoms with van der Waals surface area (Å²) in [6.07, 6.45) is 0. The monoisotopic (exact) mass is 285 g/mol. The van der Waals surface area contributed by atoms with Gasteiger partial charge >= 0.3 is 5.69 Å². The summed E-state index contributed by atoms with van der Waals surface area (Å²) < 4.78 is 5.61. The van der Waals surface area contributed by atoms with Crippen molar-refractivity contribution in [2.24, 2.45) is 0 Å². The van der Waals surface area contributed by atoms with Crippen LogP contribution in [0.25, 0.3) is 0 Å². The van der Waals surface area contributed by atoms with E-state index in [4.69, 9.17) is 4.74 Å². The van der Waals surface area contributed by atoms with Crippen LogP contribution < -0.4 is 16.6 Å². The fourth-order valence-corrected chi connectivity index (χ4v) is 1.73. The molecule has 0 fully saturated rings. The number of aromatic nitrogens is 2. The minimum Gasteiger partial charge on any atom is -0.494 e. The average Bonchev–Trinajstić information content (AvgIpc) is 2.34. The first-order valence-electron chi connectivity index (χ1n) is 6.20. The maximum atomic E-state index is 11.6. The lowest BCUT2D eigenvalue weighted by Gasteiger charge is -2.13. The highest BCUT2D eigenvalue weighted by molar-refractivity contribution is 5.75. The van der Waals surface area contributed by atoms with Gasteiger partial charge < -0.3 is 15.2 Å². The molecular formula is C12H19N3O5. The van der Waals surface area contributed by atoms with Crippen molar-refractivity contribution in [1.29, 1.82) is 0 Å². The number of hydrogen-bond donors (Lipinski definition) is 3. The topological polar surface area (TPSA) is 113 Å². The van der Waals surface area contributed by atoms with Crippen LogP contribution in [0.3, 0.4) is 0 Å². The number of methoxy groups -OCH3 is 1. The van der Waals surface area contributed by atoms with Gasteiger partial charge in [0.25, 0.3) is 5.56 Å². The zero-order chi connectivity index (χ0) is 15.3. The first kappa shape index (κ1) is 16.0. The summed E-state index contributed by atoms with van der Waals surface area (Å²) in [6.45, 7) is 3.68. The van der Waals surface area contributed by atoms with Crippen LogP contribution in [0.1, 0.15) is 25.3 Å². The van der Waals surface area contributed by atoms with Crippen molar-refractivity contribution in [3.63, 3.8) is 0 Å². The molecule has 0 aliphatic rings. The fourth-order valence-electron chi connectivity index (χ4n) is 1.73. The van der Waals surface area contributed by atoms with E-state index >= 15 is 0 Å². The van der Waals surface area contributed by atoms with Crippen molar-refractivity contribution in [2.45, 2.75) is 26.3 Å². The molecule has 0 saturated carbocycles. The van der Waals surface area contributed by atoms with Crippen LogP contribution in [0.2, 0.25) is 0 Å². The predicted octanol–water partition coefficient (Wildman–Crippen LogP) is -0.872. The van der Waals surface area contributed by atoms with Crippen LogP contribution in [0, 0.1) is 0 Å². The lowest BCUT2D eigenvalue weighted by Crippen LogP contribution is -2.38. The first-order chi connectivity index (χ1) is 9.38. The van der Waals surface area contributed by atoms with Gasteiger partial charge in [-0.05, 0) is 5.92 Å². The molecule has 0 bridgehead atoms. The van der Waals surface area contributed by atoms with Gasteiger partial charge in [-0.25, -0.2) is 4.79 Å². The van der Waals surface area contributed by atoms with Crippen LogP contribution in [0.4, 0.5) is 0 Å². The summed E-state index contributed by atoms with van der Waals surface area (Å²) in [5.74, 6) is -1.21. The van der Waals surface area contributed by atoms with Crippen LogP contribution in [-0.2, 0) is 16.1 Å². The van der Waals surface area contributed by atoms with E-state index < -0.39 is 23.0 Å². The Hall–Kier alpha value is -2.09. The lowest BCUT2D eigenvalue weighted by atomic mass is 10.1. The Morgan fingerprint density at radius 1 is 1.45 bits per heavy atom. The second kappa shape index (κ2) is 6.90. The molecular weight excluding hydrogens is 266 g/mol. The Morgan fingerprint density at radius 3 is 2.65 bits per heavy atom. The highest BCUT2D eigenvalue weighted by Gasteiger charge is 2.18. The Kier molecular flexibility index (Phi) is 5.51. The predicted molar refractivity (Wildman–Crippen MR) is 72.0 cm³/mol. The molecule has 0 aliphatic heterocycles. The molecule has 0 aliphatic carbocycles. The molecule has 3 N–H and O–H groups in total. The third kappa shape index (κ3) is 3.70. The number of rotatable bonds is 6. The van der Waals surface area contributed by atoms with Crippen LogP contribution in [-0.4, -0.2) is 40.8 Å². The van der Waals surface area contributed by atoms with Gasteiger partial charge in [-0.15, -0.1) is 0 Å². The number of ether oxygens (including phenoxy) is 1. The van der Waals surface area contributed by atoms with Crippen LogP contribution >= 0.6 is 0 Å². The molecule has 1 aromatic rings. The van der Waals surface area contributed by atoms with Crippen molar-refractivity contribution in [2.75, 3.05) is 20.3 Å². The molecule has 0 saturated heterocycles. The van der Waals surface area contributed by atoms with E-state index in [-0.39, 0.29) is 18.0 Å². The van der Waals surface area contributed by atoms with E-state index in [1.54, 1.807) is 13.8 Å². The van der Waals surface area contributed by atoms with Gasteiger partial charge in [0.15, 0.2) is 0 Å². The molecule has 0 radical (unpaired) electrons. The molecule has 8 heteroatoms. The Morgan fingerprint density at radius 2 is 2.10 bits per heavy atom. The van der Waals surface area contributed by atoms with Gasteiger partial charge in [0.05, 0.1) is 12.2 Å². The summed E-state index contributed by atoms with van der Waals surface area (Å²) in [5, 5.41) is 12.5. The van der Waals surface area contributed by atoms with Crippen molar-refractivity contribution < 1.29 is 14.6 Å². The van der Waals surface area contributed by atoms with Gasteiger partial charge in [0, 0.05) is 13.7 Å². The molecule has 1 amide bonds. The fraction of sp³-hybridized carbons (Fsp3) is 0.583. The molecule has 0 unspecified atom stereocenters. The van der Waals surface area contributed by atoms with Crippen LogP contribution in [0.5, 0.6) is 5.88 Å². The number of aromatic amines is 1. The molecule has 1 aromatic heterocycles. The van der Waals surface area contributed by atoms with E-state index in [0.717, 1.165) is 4.57 Å². The van der Waals surface area contributed by atoms with Gasteiger partial charge in [-0.1, -0.05) is 13.8 Å². The van der Waals surface area contributed by atoms with Crippen LogP contribution in [0.15, 0.2) is 9.59 Å². The number of carbonyl (C=O) groups excluding carboxylic acids is 1. The molecule has 0 spiro atoms. The number of aromatic hydroxyl groups is 1. The van der Waals surface area contributed by atoms with Gasteiger partial charge in [-0.3, -0.25) is 19.1 Å². The first-order valence-corrected chi connectivity index (χ1v) is 6.20. The Bertz CT molecular complexity index is 588. The maximum absolute atomic E-state index is 11.6. The quantitative estimate of drug-likeness (QED) is 0.588. The summed E-state index contributed by atoms with van der Waals surface area (Å²) in [7, 11) is 1.50. The van der Waals surface area contributed by atoms with Crippen molar-refractivity contribution >= 4 is 5.91 Å². The highest BCUT2D eigenvalue weighted by Crippen LogP contribution is 2.19. The number of amides is 1. The molecule has 1 heterocycles. The van der Waals surface area contributed by atoms with Crippen molar-refractivity contribution in [1.82, 2.24) is 14.9 Å². The standard InChI is InChI=1S/C12H19N3O5/c1-7(2)9-10(17)14-12(19)15(11(9)18)6-8(16)13-4-5-20-3/h7,18H,4-6H2,1-3H3,(H,13,16)(H,14,17,19). The van der Waals surface area contributed by atoms with E-state index in [1.807, 2.05) is 0 Å². The van der Waals surface area contributed by atoms with Gasteiger partial charge in [0.2, 0.25) is 11.8 Å². The smallest absolute Gasteiger partial charge is 0.331 e. The molecule has 0 atom stereocenters. The van der Waals surface area contributed by atoms with Crippen molar-refractivity contribution in [3.05, 3.63) is 26.4 Å². The largest absolute Gasteiger partial charge is 0.494 e. The molecule has 0 aromatic carbocycles. The zero-order valence-corrected chi connectivity index (χ0v) is 11.7. The summed E-state index contributed by atoms with van der Waals surface area (Å²) in [6, 6.07) is 0. The number of nitrogens with one attached hydrogen (secondary N) is 2. The van der Waals surface area contributed by atoms with Gasteiger partial charge in [0.1, 0.15) is 6.54 Å². The number of hydrogen-bond acceptors (Lipinski definition) is 5. The Labute approximate surface area is 115 Å². The van der Waals surface area contributed by atoms with E-state index in [0.29, 0.717) is 13.2 Å². The molecule has 20 heavy (non-hydrogen) atoms. The van der Waals surface area contributed by atoms with E-state index in [2.05, 4.69) is 10.3 Å². The number of nitrogens with zero attached hydrogens (tertiary/aromatic N) is 1. The maximum Gasteiger partial charge on any atom is 0.331 e. The van der Waals surface area contributed by atoms with Crippen molar-refractivity contribution in [3.8, 4) is 5.88 Å². The summed E-state index contributed by atoms with van der Waals surface area (Å²) in [5.41, 5.74) is -1.38. The minimum atomic E-state index is -0.821. The highest BCUT2D eigenvalue weighted by atomic mass is 16.5. The minimum absolute atomic E-state index is 0.0780. The molecule has 1 rings (SSSR count). The summed E-state index contributed by atoms with van der Waals surface area (Å²) in [4.78, 5) is 37.0. The zero-order valence-electron chi connectivity index (χ0n) is 11.7. The second-order valence-electron chi connectivity index (χ2n) is 4.58.